The van der Waals surface area contributed by atoms with Crippen molar-refractivity contribution in [1.82, 2.24) is 19.5 Å². The van der Waals surface area contributed by atoms with Crippen LogP contribution in [0.5, 0.6) is 0 Å². The van der Waals surface area contributed by atoms with E-state index in [2.05, 4.69) is 15.0 Å². The van der Waals surface area contributed by atoms with Crippen molar-refractivity contribution in [3.63, 3.8) is 0 Å². The quantitative estimate of drug-likeness (QED) is 0.695. The first-order valence-corrected chi connectivity index (χ1v) is 6.83. The Morgan fingerprint density at radius 1 is 1.18 bits per heavy atom. The largest absolute Gasteiger partial charge is 0.361 e. The molecule has 0 saturated carbocycles. The molecule has 2 aromatic heterocycles. The maximum atomic E-state index is 13.8. The fourth-order valence-corrected chi connectivity index (χ4v) is 2.34. The van der Waals surface area contributed by atoms with Gasteiger partial charge in [0.15, 0.2) is 17.0 Å². The van der Waals surface area contributed by atoms with Crippen molar-refractivity contribution in [2.45, 2.75) is 6.54 Å². The molecule has 3 rings (SSSR count). The van der Waals surface area contributed by atoms with Crippen molar-refractivity contribution in [3.05, 3.63) is 47.0 Å². The Labute approximate surface area is 130 Å². The van der Waals surface area contributed by atoms with Gasteiger partial charge >= 0.3 is 0 Å². The average Bonchev–Trinajstić information content (AvgIpc) is 2.85. The molecule has 0 radical (unpaired) electrons. The van der Waals surface area contributed by atoms with E-state index in [1.54, 1.807) is 19.0 Å². The fraction of sp³-hybridized carbons (Fsp3) is 0.214. The van der Waals surface area contributed by atoms with Crippen LogP contribution in [-0.4, -0.2) is 33.6 Å². The third kappa shape index (κ3) is 2.48. The molecule has 2 heterocycles. The lowest BCUT2D eigenvalue weighted by Crippen LogP contribution is -2.12. The third-order valence-electron chi connectivity index (χ3n) is 3.23. The minimum absolute atomic E-state index is 0.0325. The summed E-state index contributed by atoms with van der Waals surface area (Å²) in [5.74, 6) is -0.688. The lowest BCUT2D eigenvalue weighted by Gasteiger charge is -2.12. The minimum atomic E-state index is -0.616. The molecule has 0 saturated heterocycles. The molecule has 0 aliphatic heterocycles. The second kappa shape index (κ2) is 5.49. The number of aromatic nitrogens is 4. The van der Waals surface area contributed by atoms with E-state index in [1.807, 2.05) is 0 Å². The van der Waals surface area contributed by atoms with Crippen LogP contribution in [0, 0.1) is 11.6 Å². The Balaban J connectivity index is 2.13. The van der Waals surface area contributed by atoms with Crippen LogP contribution in [0.1, 0.15) is 5.56 Å². The molecular weight excluding hydrogens is 312 g/mol. The Hall–Kier alpha value is -2.28. The Bertz CT molecular complexity index is 826. The van der Waals surface area contributed by atoms with Crippen LogP contribution in [0.15, 0.2) is 24.5 Å². The van der Waals surface area contributed by atoms with Gasteiger partial charge in [0.05, 0.1) is 12.9 Å². The van der Waals surface area contributed by atoms with Crippen molar-refractivity contribution >= 4 is 28.6 Å². The standard InChI is InChI=1S/C14H12ClF2N5/c1-21(2)12-11-13(20-14(15)19-12)22(7-18-11)6-8-9(16)4-3-5-10(8)17/h3-5,7H,6H2,1-2H3. The van der Waals surface area contributed by atoms with Crippen LogP contribution >= 0.6 is 11.6 Å². The van der Waals surface area contributed by atoms with Crippen LogP contribution in [-0.2, 0) is 6.54 Å². The molecule has 8 heteroatoms. The maximum Gasteiger partial charge on any atom is 0.226 e. The number of benzene rings is 1. The van der Waals surface area contributed by atoms with Crippen LogP contribution in [0.25, 0.3) is 11.2 Å². The number of hydrogen-bond donors (Lipinski definition) is 0. The van der Waals surface area contributed by atoms with Crippen molar-refractivity contribution in [2.75, 3.05) is 19.0 Å². The zero-order valence-corrected chi connectivity index (χ0v) is 12.6. The lowest BCUT2D eigenvalue weighted by atomic mass is 10.2. The third-order valence-corrected chi connectivity index (χ3v) is 3.40. The first kappa shape index (κ1) is 14.6. The van der Waals surface area contributed by atoms with Gasteiger partial charge in [-0.2, -0.15) is 9.97 Å². The van der Waals surface area contributed by atoms with Crippen molar-refractivity contribution in [2.24, 2.45) is 0 Å². The van der Waals surface area contributed by atoms with Gasteiger partial charge in [0, 0.05) is 19.7 Å². The molecule has 0 atom stereocenters. The number of anilines is 1. The highest BCUT2D eigenvalue weighted by atomic mass is 35.5. The van der Waals surface area contributed by atoms with E-state index in [0.29, 0.717) is 17.0 Å². The fourth-order valence-electron chi connectivity index (χ4n) is 2.18. The van der Waals surface area contributed by atoms with Gasteiger partial charge in [0.1, 0.15) is 11.6 Å². The van der Waals surface area contributed by atoms with E-state index >= 15 is 0 Å². The predicted molar refractivity (Wildman–Crippen MR) is 80.1 cm³/mol. The molecule has 3 aromatic rings. The van der Waals surface area contributed by atoms with Crippen LogP contribution in [0.2, 0.25) is 5.28 Å². The molecule has 5 nitrogen and oxygen atoms in total. The molecular formula is C14H12ClF2N5. The molecule has 0 unspecified atom stereocenters. The number of fused-ring (bicyclic) bond motifs is 1. The van der Waals surface area contributed by atoms with Gasteiger partial charge in [-0.3, -0.25) is 0 Å². The molecule has 0 aliphatic rings. The van der Waals surface area contributed by atoms with Crippen LogP contribution < -0.4 is 4.90 Å². The van der Waals surface area contributed by atoms with Gasteiger partial charge in [-0.05, 0) is 23.7 Å². The second-order valence-corrected chi connectivity index (χ2v) is 5.29. The summed E-state index contributed by atoms with van der Waals surface area (Å²) in [5.41, 5.74) is 0.889. The van der Waals surface area contributed by atoms with E-state index in [9.17, 15) is 8.78 Å². The summed E-state index contributed by atoms with van der Waals surface area (Å²) in [6, 6.07) is 3.75. The highest BCUT2D eigenvalue weighted by molar-refractivity contribution is 6.28. The highest BCUT2D eigenvalue weighted by Gasteiger charge is 2.16. The first-order chi connectivity index (χ1) is 10.5. The van der Waals surface area contributed by atoms with Crippen LogP contribution in [0.4, 0.5) is 14.6 Å². The summed E-state index contributed by atoms with van der Waals surface area (Å²) in [4.78, 5) is 14.2. The lowest BCUT2D eigenvalue weighted by molar-refractivity contribution is 0.546. The molecule has 1 aromatic carbocycles. The molecule has 22 heavy (non-hydrogen) atoms. The molecule has 0 amide bonds. The normalized spacial score (nSPS) is 11.1. The van der Waals surface area contributed by atoms with Crippen molar-refractivity contribution in [3.8, 4) is 0 Å². The Morgan fingerprint density at radius 2 is 1.86 bits per heavy atom. The summed E-state index contributed by atoms with van der Waals surface area (Å²) >= 11 is 5.92. The van der Waals surface area contributed by atoms with E-state index in [4.69, 9.17) is 11.6 Å². The maximum absolute atomic E-state index is 13.8. The molecule has 0 N–H and O–H groups in total. The second-order valence-electron chi connectivity index (χ2n) is 4.96. The summed E-state index contributed by atoms with van der Waals surface area (Å²) in [6.07, 6.45) is 1.47. The Kier molecular flexibility index (Phi) is 3.66. The van der Waals surface area contributed by atoms with Crippen molar-refractivity contribution < 1.29 is 8.78 Å². The summed E-state index contributed by atoms with van der Waals surface area (Å²) in [5, 5.41) is 0.0481. The molecule has 0 aliphatic carbocycles. The zero-order valence-electron chi connectivity index (χ0n) is 11.9. The van der Waals surface area contributed by atoms with Crippen molar-refractivity contribution in [1.29, 1.82) is 0 Å². The number of hydrogen-bond acceptors (Lipinski definition) is 4. The molecule has 0 spiro atoms. The van der Waals surface area contributed by atoms with Gasteiger partial charge in [0.2, 0.25) is 5.28 Å². The van der Waals surface area contributed by atoms with E-state index < -0.39 is 11.6 Å². The molecule has 114 valence electrons. The van der Waals surface area contributed by atoms with E-state index in [-0.39, 0.29) is 17.4 Å². The highest BCUT2D eigenvalue weighted by Crippen LogP contribution is 2.24. The number of imidazole rings is 1. The first-order valence-electron chi connectivity index (χ1n) is 6.46. The van der Waals surface area contributed by atoms with Crippen LogP contribution in [0.3, 0.4) is 0 Å². The number of rotatable bonds is 3. The van der Waals surface area contributed by atoms with E-state index in [1.165, 1.54) is 29.1 Å². The minimum Gasteiger partial charge on any atom is -0.361 e. The summed E-state index contributed by atoms with van der Waals surface area (Å²) < 4.78 is 29.1. The van der Waals surface area contributed by atoms with Gasteiger partial charge in [-0.25, -0.2) is 13.8 Å². The van der Waals surface area contributed by atoms with Gasteiger partial charge in [-0.1, -0.05) is 6.07 Å². The number of nitrogens with zero attached hydrogens (tertiary/aromatic N) is 5. The SMILES string of the molecule is CN(C)c1nc(Cl)nc2c1ncn2Cc1c(F)cccc1F. The number of halogens is 3. The van der Waals surface area contributed by atoms with Gasteiger partial charge < -0.3 is 9.47 Å². The Morgan fingerprint density at radius 3 is 2.50 bits per heavy atom. The predicted octanol–water partition coefficient (Wildman–Crippen LogP) is 2.87. The average molecular weight is 324 g/mol. The molecule has 0 fully saturated rings. The zero-order chi connectivity index (χ0) is 15.9. The van der Waals surface area contributed by atoms with Gasteiger partial charge in [-0.15, -0.1) is 0 Å². The smallest absolute Gasteiger partial charge is 0.226 e. The summed E-state index contributed by atoms with van der Waals surface area (Å²) in [6.45, 7) is -0.0325. The van der Waals surface area contributed by atoms with E-state index in [0.717, 1.165) is 0 Å². The molecule has 0 bridgehead atoms. The summed E-state index contributed by atoms with van der Waals surface area (Å²) in [7, 11) is 3.60. The van der Waals surface area contributed by atoms with Gasteiger partial charge in [0.25, 0.3) is 0 Å². The topological polar surface area (TPSA) is 46.8 Å². The monoisotopic (exact) mass is 323 g/mol.